The fourth-order valence-electron chi connectivity index (χ4n) is 2.87. The highest BCUT2D eigenvalue weighted by Crippen LogP contribution is 2.28. The number of hydrogen-bond donors (Lipinski definition) is 2. The Kier molecular flexibility index (Phi) is 5.74. The van der Waals surface area contributed by atoms with Gasteiger partial charge in [-0.05, 0) is 45.2 Å². The summed E-state index contributed by atoms with van der Waals surface area (Å²) in [4.78, 5) is 26.2. The van der Waals surface area contributed by atoms with Crippen molar-refractivity contribution in [1.82, 2.24) is 15.1 Å². The van der Waals surface area contributed by atoms with Crippen LogP contribution in [0.15, 0.2) is 33.5 Å². The summed E-state index contributed by atoms with van der Waals surface area (Å²) in [6.07, 6.45) is 0. The summed E-state index contributed by atoms with van der Waals surface area (Å²) in [5, 5.41) is 9.83. The van der Waals surface area contributed by atoms with Gasteiger partial charge < -0.3 is 9.15 Å². The number of aromatic amines is 1. The Morgan fingerprint density at radius 2 is 2.00 bits per heavy atom. The van der Waals surface area contributed by atoms with Crippen molar-refractivity contribution in [3.63, 3.8) is 0 Å². The minimum atomic E-state index is -0.422. The predicted molar refractivity (Wildman–Crippen MR) is 102 cm³/mol. The average Bonchev–Trinajstić information content (AvgIpc) is 2.97. The second-order valence-corrected chi connectivity index (χ2v) is 6.46. The van der Waals surface area contributed by atoms with E-state index < -0.39 is 5.56 Å². The minimum Gasteiger partial charge on any atom is -0.492 e. The van der Waals surface area contributed by atoms with Crippen LogP contribution >= 0.6 is 0 Å². The highest BCUT2D eigenvalue weighted by molar-refractivity contribution is 6.01. The van der Waals surface area contributed by atoms with Crippen LogP contribution in [0, 0.1) is 19.7 Å². The zero-order valence-corrected chi connectivity index (χ0v) is 15.8. The molecule has 2 aromatic heterocycles. The number of benzene rings is 1. The second kappa shape index (κ2) is 8.22. The summed E-state index contributed by atoms with van der Waals surface area (Å²) in [7, 11) is 1.76. The number of anilines is 1. The fraction of sp³-hybridized carbons (Fsp3) is 0.316. The molecule has 0 aliphatic heterocycles. The van der Waals surface area contributed by atoms with Crippen molar-refractivity contribution in [2.45, 2.75) is 13.8 Å². The second-order valence-electron chi connectivity index (χ2n) is 6.46. The molecule has 3 rings (SSSR count). The molecule has 2 heterocycles. The first-order chi connectivity index (χ1) is 13.3. The minimum absolute atomic E-state index is 0.0794. The van der Waals surface area contributed by atoms with E-state index in [1.165, 1.54) is 12.1 Å². The smallest absolute Gasteiger partial charge is 0.277 e. The summed E-state index contributed by atoms with van der Waals surface area (Å²) in [6, 6.07) is 5.73. The number of carbonyl (C=O) groups is 1. The summed E-state index contributed by atoms with van der Waals surface area (Å²) >= 11 is 0. The maximum absolute atomic E-state index is 12.9. The molecule has 8 nitrogen and oxygen atoms in total. The van der Waals surface area contributed by atoms with Crippen molar-refractivity contribution in [3.8, 4) is 5.75 Å². The van der Waals surface area contributed by atoms with Gasteiger partial charge in [-0.3, -0.25) is 19.8 Å². The van der Waals surface area contributed by atoms with Gasteiger partial charge in [0.15, 0.2) is 0 Å². The lowest BCUT2D eigenvalue weighted by Gasteiger charge is -2.16. The van der Waals surface area contributed by atoms with Gasteiger partial charge in [-0.2, -0.15) is 5.10 Å². The van der Waals surface area contributed by atoms with E-state index in [0.717, 1.165) is 0 Å². The first kappa shape index (κ1) is 19.6. The topological polar surface area (TPSA) is 100 Å². The zero-order valence-electron chi connectivity index (χ0n) is 15.8. The van der Waals surface area contributed by atoms with Crippen LogP contribution in [0.1, 0.15) is 11.5 Å². The number of amides is 1. The molecule has 2 N–H and O–H groups in total. The molecule has 0 saturated heterocycles. The van der Waals surface area contributed by atoms with E-state index >= 15 is 0 Å². The van der Waals surface area contributed by atoms with Crippen molar-refractivity contribution in [2.75, 3.05) is 32.1 Å². The normalized spacial score (nSPS) is 11.2. The van der Waals surface area contributed by atoms with Crippen molar-refractivity contribution in [1.29, 1.82) is 0 Å². The van der Waals surface area contributed by atoms with Crippen molar-refractivity contribution in [2.24, 2.45) is 0 Å². The highest BCUT2D eigenvalue weighted by Gasteiger charge is 2.19. The van der Waals surface area contributed by atoms with Gasteiger partial charge in [-0.15, -0.1) is 0 Å². The van der Waals surface area contributed by atoms with E-state index in [1.807, 2.05) is 0 Å². The average molecular weight is 388 g/mol. The number of likely N-dealkylation sites (N-methyl/N-ethyl adjacent to an activating group) is 1. The van der Waals surface area contributed by atoms with Crippen molar-refractivity contribution >= 4 is 22.6 Å². The van der Waals surface area contributed by atoms with Gasteiger partial charge >= 0.3 is 0 Å². The summed E-state index contributed by atoms with van der Waals surface area (Å²) < 4.78 is 23.9. The number of nitrogens with zero attached hydrogens (tertiary/aromatic N) is 2. The van der Waals surface area contributed by atoms with Crippen LogP contribution in [0.5, 0.6) is 5.75 Å². The Morgan fingerprint density at radius 3 is 2.71 bits per heavy atom. The van der Waals surface area contributed by atoms with Gasteiger partial charge in [0, 0.05) is 6.54 Å². The molecule has 0 fully saturated rings. The molecule has 0 unspecified atom stereocenters. The quantitative estimate of drug-likeness (QED) is 0.644. The van der Waals surface area contributed by atoms with Crippen molar-refractivity contribution in [3.05, 3.63) is 51.9 Å². The fourth-order valence-corrected chi connectivity index (χ4v) is 2.87. The molecule has 0 aliphatic carbocycles. The molecule has 3 aromatic rings. The lowest BCUT2D eigenvalue weighted by molar-refractivity contribution is -0.117. The number of H-pyrrole nitrogens is 1. The number of aryl methyl sites for hydroxylation is 2. The number of aromatic nitrogens is 2. The van der Waals surface area contributed by atoms with Crippen LogP contribution in [-0.4, -0.2) is 47.7 Å². The molecule has 1 amide bonds. The molecule has 148 valence electrons. The zero-order chi connectivity index (χ0) is 20.3. The monoisotopic (exact) mass is 388 g/mol. The summed E-state index contributed by atoms with van der Waals surface area (Å²) in [5.41, 5.74) is 0.195. The molecule has 9 heteroatoms. The molecule has 0 spiro atoms. The predicted octanol–water partition coefficient (Wildman–Crippen LogP) is 2.22. The Morgan fingerprint density at radius 1 is 1.29 bits per heavy atom. The Balaban J connectivity index is 1.57. The van der Waals surface area contributed by atoms with Gasteiger partial charge in [0.25, 0.3) is 5.56 Å². The molecule has 1 aromatic carbocycles. The third-order valence-electron chi connectivity index (χ3n) is 4.22. The summed E-state index contributed by atoms with van der Waals surface area (Å²) in [6.45, 7) is 4.36. The first-order valence-electron chi connectivity index (χ1n) is 8.70. The van der Waals surface area contributed by atoms with E-state index in [-0.39, 0.29) is 29.5 Å². The lowest BCUT2D eigenvalue weighted by Crippen LogP contribution is -2.33. The van der Waals surface area contributed by atoms with Crippen LogP contribution in [0.4, 0.5) is 10.3 Å². The van der Waals surface area contributed by atoms with E-state index in [9.17, 15) is 14.0 Å². The standard InChI is InChI=1S/C19H21FN4O4/c1-11-16-12(2)28-19(17(16)18(26)23-22-11)21-15(25)10-24(3)8-9-27-14-6-4-13(20)5-7-14/h4-7H,8-10H2,1-3H3,(H,21,25)(H,23,26). The molecular weight excluding hydrogens is 367 g/mol. The maximum atomic E-state index is 12.9. The third kappa shape index (κ3) is 4.37. The van der Waals surface area contributed by atoms with Crippen LogP contribution in [-0.2, 0) is 4.79 Å². The molecule has 0 bridgehead atoms. The number of ether oxygens (including phenoxy) is 1. The van der Waals surface area contributed by atoms with Gasteiger partial charge in [-0.25, -0.2) is 9.49 Å². The maximum Gasteiger partial charge on any atom is 0.277 e. The van der Waals surface area contributed by atoms with E-state index in [0.29, 0.717) is 35.7 Å². The van der Waals surface area contributed by atoms with Crippen molar-refractivity contribution < 1.29 is 18.3 Å². The number of halogens is 1. The van der Waals surface area contributed by atoms with E-state index in [1.54, 1.807) is 37.9 Å². The van der Waals surface area contributed by atoms with E-state index in [4.69, 9.17) is 9.15 Å². The molecule has 0 saturated carbocycles. The summed E-state index contributed by atoms with van der Waals surface area (Å²) in [5.74, 6) is 0.531. The molecule has 28 heavy (non-hydrogen) atoms. The lowest BCUT2D eigenvalue weighted by atomic mass is 10.2. The number of rotatable bonds is 7. The first-order valence-corrected chi connectivity index (χ1v) is 8.70. The Hall–Kier alpha value is -3.20. The number of fused-ring (bicyclic) bond motifs is 1. The number of furan rings is 1. The number of hydrogen-bond acceptors (Lipinski definition) is 6. The van der Waals surface area contributed by atoms with Gasteiger partial charge in [0.05, 0.1) is 17.6 Å². The molecule has 0 radical (unpaired) electrons. The molecule has 0 aliphatic rings. The molecular formula is C19H21FN4O4. The molecule has 0 atom stereocenters. The van der Waals surface area contributed by atoms with Gasteiger partial charge in [0.2, 0.25) is 11.8 Å². The Bertz CT molecular complexity index is 1040. The van der Waals surface area contributed by atoms with Crippen LogP contribution < -0.4 is 15.6 Å². The van der Waals surface area contributed by atoms with Gasteiger partial charge in [0.1, 0.15) is 29.3 Å². The third-order valence-corrected chi connectivity index (χ3v) is 4.22. The van der Waals surface area contributed by atoms with Crippen LogP contribution in [0.3, 0.4) is 0 Å². The largest absolute Gasteiger partial charge is 0.492 e. The van der Waals surface area contributed by atoms with Crippen LogP contribution in [0.2, 0.25) is 0 Å². The highest BCUT2D eigenvalue weighted by atomic mass is 19.1. The Labute approximate surface area is 160 Å². The van der Waals surface area contributed by atoms with E-state index in [2.05, 4.69) is 15.5 Å². The van der Waals surface area contributed by atoms with Crippen LogP contribution in [0.25, 0.3) is 10.8 Å². The number of carbonyl (C=O) groups excluding carboxylic acids is 1. The SMILES string of the molecule is Cc1n[nH]c(=O)c2c(NC(=O)CN(C)CCOc3ccc(F)cc3)oc(C)c12. The van der Waals surface area contributed by atoms with Gasteiger partial charge in [-0.1, -0.05) is 0 Å². The number of nitrogens with one attached hydrogen (secondary N) is 2.